The third-order valence-electron chi connectivity index (χ3n) is 4.13. The number of para-hydroxylation sites is 2. The highest BCUT2D eigenvalue weighted by Crippen LogP contribution is 2.24. The average Bonchev–Trinajstić information content (AvgIpc) is 2.64. The molecule has 0 unspecified atom stereocenters. The van der Waals surface area contributed by atoms with Gasteiger partial charge in [-0.05, 0) is 37.0 Å². The van der Waals surface area contributed by atoms with Crippen LogP contribution in [0.2, 0.25) is 0 Å². The Hall–Kier alpha value is -2.29. The van der Waals surface area contributed by atoms with Gasteiger partial charge in [0, 0.05) is 6.42 Å². The number of nitrogens with one attached hydrogen (secondary N) is 1. The van der Waals surface area contributed by atoms with Crippen molar-refractivity contribution < 1.29 is 9.53 Å². The van der Waals surface area contributed by atoms with E-state index in [4.69, 9.17) is 4.74 Å². The van der Waals surface area contributed by atoms with E-state index in [0.29, 0.717) is 13.0 Å². The number of hydrogen-bond donors (Lipinski definition) is 1. The van der Waals surface area contributed by atoms with Crippen LogP contribution >= 0.6 is 0 Å². The molecule has 0 radical (unpaired) electrons. The summed E-state index contributed by atoms with van der Waals surface area (Å²) in [5, 5.41) is 2.98. The molecule has 0 saturated heterocycles. The summed E-state index contributed by atoms with van der Waals surface area (Å²) in [5.74, 6) is 0.814. The summed E-state index contributed by atoms with van der Waals surface area (Å²) in [5.41, 5.74) is 2.09. The third-order valence-corrected chi connectivity index (χ3v) is 4.13. The molecular formula is C22H29NO2. The second-order valence-corrected chi connectivity index (χ2v) is 6.29. The number of aryl methyl sites for hydroxylation is 1. The Labute approximate surface area is 151 Å². The Bertz CT molecular complexity index is 625. The second kappa shape index (κ2) is 11.3. The molecular weight excluding hydrogens is 310 g/mol. The molecule has 0 aliphatic heterocycles. The molecule has 3 heteroatoms. The number of carbonyl (C=O) groups is 1. The Morgan fingerprint density at radius 3 is 2.48 bits per heavy atom. The zero-order chi connectivity index (χ0) is 17.7. The fourth-order valence-electron chi connectivity index (χ4n) is 2.72. The second-order valence-electron chi connectivity index (χ2n) is 6.29. The van der Waals surface area contributed by atoms with Crippen molar-refractivity contribution >= 4 is 11.6 Å². The van der Waals surface area contributed by atoms with Gasteiger partial charge in [-0.15, -0.1) is 0 Å². The smallest absolute Gasteiger partial charge is 0.224 e. The fourth-order valence-corrected chi connectivity index (χ4v) is 2.72. The first-order chi connectivity index (χ1) is 12.3. The maximum atomic E-state index is 12.1. The molecule has 0 aliphatic carbocycles. The van der Waals surface area contributed by atoms with E-state index >= 15 is 0 Å². The molecule has 1 N–H and O–H groups in total. The summed E-state index contributed by atoms with van der Waals surface area (Å²) in [7, 11) is 0. The van der Waals surface area contributed by atoms with Crippen molar-refractivity contribution in [3.63, 3.8) is 0 Å². The van der Waals surface area contributed by atoms with Crippen LogP contribution in [0.25, 0.3) is 0 Å². The van der Waals surface area contributed by atoms with Crippen molar-refractivity contribution in [3.8, 4) is 5.75 Å². The number of rotatable bonds is 11. The number of amides is 1. The number of hydrogen-bond acceptors (Lipinski definition) is 2. The van der Waals surface area contributed by atoms with Crippen LogP contribution < -0.4 is 10.1 Å². The van der Waals surface area contributed by atoms with Crippen LogP contribution in [0, 0.1) is 0 Å². The zero-order valence-electron chi connectivity index (χ0n) is 15.2. The lowest BCUT2D eigenvalue weighted by molar-refractivity contribution is -0.116. The normalized spacial score (nSPS) is 10.4. The summed E-state index contributed by atoms with van der Waals surface area (Å²) in [6.45, 7) is 2.81. The molecule has 2 aromatic carbocycles. The summed E-state index contributed by atoms with van der Waals surface area (Å²) < 4.78 is 5.89. The van der Waals surface area contributed by atoms with Gasteiger partial charge in [0.2, 0.25) is 5.91 Å². The predicted molar refractivity (Wildman–Crippen MR) is 104 cm³/mol. The largest absolute Gasteiger partial charge is 0.491 e. The highest BCUT2D eigenvalue weighted by molar-refractivity contribution is 5.92. The highest BCUT2D eigenvalue weighted by Gasteiger charge is 2.07. The molecule has 0 aliphatic rings. The van der Waals surface area contributed by atoms with E-state index in [1.165, 1.54) is 18.4 Å². The lowest BCUT2D eigenvalue weighted by atomic mass is 10.1. The van der Waals surface area contributed by atoms with Gasteiger partial charge in [-0.25, -0.2) is 0 Å². The van der Waals surface area contributed by atoms with Gasteiger partial charge in [-0.1, -0.05) is 68.7 Å². The van der Waals surface area contributed by atoms with E-state index < -0.39 is 0 Å². The first kappa shape index (κ1) is 19.0. The van der Waals surface area contributed by atoms with Crippen molar-refractivity contribution in [2.24, 2.45) is 0 Å². The Kier molecular flexibility index (Phi) is 8.60. The number of unbranched alkanes of at least 4 members (excludes halogenated alkanes) is 3. The van der Waals surface area contributed by atoms with Gasteiger partial charge in [0.15, 0.2) is 0 Å². The topological polar surface area (TPSA) is 38.3 Å². The Morgan fingerprint density at radius 2 is 1.68 bits per heavy atom. The first-order valence-corrected chi connectivity index (χ1v) is 9.35. The lowest BCUT2D eigenvalue weighted by Gasteiger charge is -2.12. The summed E-state index contributed by atoms with van der Waals surface area (Å²) in [4.78, 5) is 12.1. The van der Waals surface area contributed by atoms with Crippen molar-refractivity contribution in [3.05, 3.63) is 60.2 Å². The van der Waals surface area contributed by atoms with E-state index in [0.717, 1.165) is 37.1 Å². The highest BCUT2D eigenvalue weighted by atomic mass is 16.5. The molecule has 0 aromatic heterocycles. The fraction of sp³-hybridized carbons (Fsp3) is 0.409. The van der Waals surface area contributed by atoms with Gasteiger partial charge in [-0.2, -0.15) is 0 Å². The maximum absolute atomic E-state index is 12.1. The molecule has 0 bridgehead atoms. The maximum Gasteiger partial charge on any atom is 0.224 e. The molecule has 0 atom stereocenters. The zero-order valence-corrected chi connectivity index (χ0v) is 15.2. The van der Waals surface area contributed by atoms with Gasteiger partial charge in [0.25, 0.3) is 0 Å². The average molecular weight is 339 g/mol. The van der Waals surface area contributed by atoms with Gasteiger partial charge >= 0.3 is 0 Å². The molecule has 3 nitrogen and oxygen atoms in total. The van der Waals surface area contributed by atoms with Crippen LogP contribution in [0.5, 0.6) is 5.75 Å². The van der Waals surface area contributed by atoms with Crippen LogP contribution in [-0.4, -0.2) is 12.5 Å². The monoisotopic (exact) mass is 339 g/mol. The summed E-state index contributed by atoms with van der Waals surface area (Å²) in [6.07, 6.45) is 6.94. The van der Waals surface area contributed by atoms with E-state index in [9.17, 15) is 4.79 Å². The lowest BCUT2D eigenvalue weighted by Crippen LogP contribution is -2.12. The quantitative estimate of drug-likeness (QED) is 0.541. The number of benzene rings is 2. The number of ether oxygens (including phenoxy) is 1. The van der Waals surface area contributed by atoms with Crippen molar-refractivity contribution in [2.45, 2.75) is 51.9 Å². The molecule has 0 heterocycles. The molecule has 25 heavy (non-hydrogen) atoms. The standard InChI is InChI=1S/C22H29NO2/c1-2-3-4-8-17-22(24)23-20-15-9-10-16-21(20)25-18-11-14-19-12-6-5-7-13-19/h5-7,9-10,12-13,15-16H,2-4,8,11,14,17-18H2,1H3,(H,23,24). The Balaban J connectivity index is 1.76. The minimum absolute atomic E-state index is 0.0661. The summed E-state index contributed by atoms with van der Waals surface area (Å²) in [6, 6.07) is 18.1. The predicted octanol–water partition coefficient (Wildman–Crippen LogP) is 5.61. The van der Waals surface area contributed by atoms with Crippen LogP contribution in [0.1, 0.15) is 51.0 Å². The summed E-state index contributed by atoms with van der Waals surface area (Å²) >= 11 is 0. The minimum Gasteiger partial charge on any atom is -0.491 e. The van der Waals surface area contributed by atoms with Gasteiger partial charge in [0.05, 0.1) is 12.3 Å². The number of anilines is 1. The molecule has 2 rings (SSSR count). The Morgan fingerprint density at radius 1 is 0.920 bits per heavy atom. The minimum atomic E-state index is 0.0661. The van der Waals surface area contributed by atoms with E-state index in [1.54, 1.807) is 0 Å². The van der Waals surface area contributed by atoms with Crippen LogP contribution in [0.3, 0.4) is 0 Å². The molecule has 0 saturated carbocycles. The third kappa shape index (κ3) is 7.42. The van der Waals surface area contributed by atoms with Gasteiger partial charge in [-0.3, -0.25) is 4.79 Å². The molecule has 1 amide bonds. The van der Waals surface area contributed by atoms with Crippen LogP contribution in [0.15, 0.2) is 54.6 Å². The van der Waals surface area contributed by atoms with E-state index in [1.807, 2.05) is 30.3 Å². The van der Waals surface area contributed by atoms with Crippen molar-refractivity contribution in [1.82, 2.24) is 0 Å². The van der Waals surface area contributed by atoms with E-state index in [2.05, 4.69) is 36.5 Å². The molecule has 0 fully saturated rings. The molecule has 134 valence electrons. The van der Waals surface area contributed by atoms with Crippen molar-refractivity contribution in [2.75, 3.05) is 11.9 Å². The number of carbonyl (C=O) groups excluding carboxylic acids is 1. The van der Waals surface area contributed by atoms with E-state index in [-0.39, 0.29) is 5.91 Å². The van der Waals surface area contributed by atoms with Gasteiger partial charge < -0.3 is 10.1 Å². The van der Waals surface area contributed by atoms with Crippen LogP contribution in [0.4, 0.5) is 5.69 Å². The molecule has 2 aromatic rings. The van der Waals surface area contributed by atoms with Crippen LogP contribution in [-0.2, 0) is 11.2 Å². The SMILES string of the molecule is CCCCCCC(=O)Nc1ccccc1OCCCc1ccccc1. The molecule has 0 spiro atoms. The first-order valence-electron chi connectivity index (χ1n) is 9.35. The van der Waals surface area contributed by atoms with Gasteiger partial charge in [0.1, 0.15) is 5.75 Å². The van der Waals surface area contributed by atoms with Crippen molar-refractivity contribution in [1.29, 1.82) is 0 Å².